The largest absolute Gasteiger partial charge is 0.393 e. The molecule has 0 rings (SSSR count). The Bertz CT molecular complexity index is 238. The fourth-order valence-electron chi connectivity index (χ4n) is 3.78. The Labute approximate surface area is 160 Å². The molecule has 0 aromatic heterocycles. The van der Waals surface area contributed by atoms with Gasteiger partial charge in [-0.1, -0.05) is 130 Å². The Morgan fingerprint density at radius 1 is 0.480 bits per heavy atom. The molecule has 2 unspecified atom stereocenters. The molecule has 0 radical (unpaired) electrons. The predicted molar refractivity (Wildman–Crippen MR) is 114 cm³/mol. The van der Waals surface area contributed by atoms with Crippen LogP contribution in [0.5, 0.6) is 0 Å². The third-order valence-corrected chi connectivity index (χ3v) is 5.68. The number of unbranched alkanes of at least 4 members (excludes halogenated alkanes) is 12. The van der Waals surface area contributed by atoms with Crippen molar-refractivity contribution in [2.75, 3.05) is 0 Å². The zero-order valence-corrected chi connectivity index (χ0v) is 18.0. The van der Waals surface area contributed by atoms with Gasteiger partial charge in [-0.25, -0.2) is 0 Å². The van der Waals surface area contributed by atoms with Crippen LogP contribution in [0.25, 0.3) is 0 Å². The Kier molecular flexibility index (Phi) is 20.2. The van der Waals surface area contributed by atoms with Crippen molar-refractivity contribution in [2.45, 2.75) is 149 Å². The van der Waals surface area contributed by atoms with Gasteiger partial charge in [-0.2, -0.15) is 0 Å². The lowest BCUT2D eigenvalue weighted by atomic mass is 9.95. The summed E-state index contributed by atoms with van der Waals surface area (Å²) in [4.78, 5) is 0. The van der Waals surface area contributed by atoms with Gasteiger partial charge in [0.05, 0.1) is 6.10 Å². The smallest absolute Gasteiger partial charge is 0.0540 e. The third kappa shape index (κ3) is 20.1. The highest BCUT2D eigenvalue weighted by atomic mass is 16.3. The molecule has 1 N–H and O–H groups in total. The summed E-state index contributed by atoms with van der Waals surface area (Å²) in [5, 5.41) is 10.1. The quantitative estimate of drug-likeness (QED) is 0.217. The highest BCUT2D eigenvalue weighted by molar-refractivity contribution is 4.60. The molecule has 0 saturated heterocycles. The summed E-state index contributed by atoms with van der Waals surface area (Å²) in [5.74, 6) is 0.848. The van der Waals surface area contributed by atoms with Crippen LogP contribution in [0.1, 0.15) is 143 Å². The summed E-state index contributed by atoms with van der Waals surface area (Å²) < 4.78 is 0. The van der Waals surface area contributed by atoms with Crippen LogP contribution in [0.4, 0.5) is 0 Å². The van der Waals surface area contributed by atoms with Gasteiger partial charge in [0.2, 0.25) is 0 Å². The minimum absolute atomic E-state index is 0.0403. The molecule has 1 nitrogen and oxygen atoms in total. The number of aliphatic hydroxyl groups is 1. The molecule has 0 saturated carbocycles. The van der Waals surface area contributed by atoms with Crippen molar-refractivity contribution in [1.29, 1.82) is 0 Å². The van der Waals surface area contributed by atoms with Crippen LogP contribution < -0.4 is 0 Å². The van der Waals surface area contributed by atoms with E-state index >= 15 is 0 Å². The van der Waals surface area contributed by atoms with Crippen LogP contribution in [-0.4, -0.2) is 11.2 Å². The standard InChI is InChI=1S/C24H50O/c1-4-6-8-10-12-13-14-16-19-23(3)20-18-22-24(25)21-17-15-11-9-7-5-2/h23-25H,4-22H2,1-3H3. The van der Waals surface area contributed by atoms with Crippen LogP contribution in [0.2, 0.25) is 0 Å². The third-order valence-electron chi connectivity index (χ3n) is 5.68. The van der Waals surface area contributed by atoms with Gasteiger partial charge in [0, 0.05) is 0 Å². The summed E-state index contributed by atoms with van der Waals surface area (Å²) in [5.41, 5.74) is 0. The molecule has 0 aromatic carbocycles. The molecule has 1 heteroatoms. The van der Waals surface area contributed by atoms with Gasteiger partial charge in [-0.05, 0) is 18.8 Å². The molecule has 0 fully saturated rings. The zero-order valence-electron chi connectivity index (χ0n) is 18.0. The Morgan fingerprint density at radius 3 is 1.36 bits per heavy atom. The topological polar surface area (TPSA) is 20.2 Å². The van der Waals surface area contributed by atoms with E-state index in [2.05, 4.69) is 20.8 Å². The van der Waals surface area contributed by atoms with Gasteiger partial charge in [-0.3, -0.25) is 0 Å². The van der Waals surface area contributed by atoms with E-state index in [0.29, 0.717) is 0 Å². The molecule has 0 aliphatic rings. The zero-order chi connectivity index (χ0) is 18.6. The van der Waals surface area contributed by atoms with E-state index in [4.69, 9.17) is 0 Å². The second-order valence-electron chi connectivity index (χ2n) is 8.51. The van der Waals surface area contributed by atoms with Crippen molar-refractivity contribution < 1.29 is 5.11 Å². The molecular weight excluding hydrogens is 304 g/mol. The summed E-state index contributed by atoms with van der Waals surface area (Å²) >= 11 is 0. The second kappa shape index (κ2) is 20.3. The van der Waals surface area contributed by atoms with Crippen molar-refractivity contribution in [3.05, 3.63) is 0 Å². The first-order valence-corrected chi connectivity index (χ1v) is 11.9. The molecule has 0 aliphatic heterocycles. The highest BCUT2D eigenvalue weighted by Crippen LogP contribution is 2.19. The van der Waals surface area contributed by atoms with Gasteiger partial charge in [0.25, 0.3) is 0 Å². The molecule has 0 bridgehead atoms. The van der Waals surface area contributed by atoms with E-state index in [1.165, 1.54) is 109 Å². The maximum absolute atomic E-state index is 10.1. The van der Waals surface area contributed by atoms with E-state index < -0.39 is 0 Å². The van der Waals surface area contributed by atoms with Gasteiger partial charge in [-0.15, -0.1) is 0 Å². The molecule has 0 aromatic rings. The van der Waals surface area contributed by atoms with Gasteiger partial charge in [0.15, 0.2) is 0 Å². The van der Waals surface area contributed by atoms with Crippen LogP contribution in [-0.2, 0) is 0 Å². The molecule has 0 spiro atoms. The minimum Gasteiger partial charge on any atom is -0.393 e. The minimum atomic E-state index is -0.0403. The Balaban J connectivity index is 3.29. The predicted octanol–water partition coefficient (Wildman–Crippen LogP) is 8.44. The van der Waals surface area contributed by atoms with Gasteiger partial charge < -0.3 is 5.11 Å². The van der Waals surface area contributed by atoms with Crippen molar-refractivity contribution in [3.8, 4) is 0 Å². The van der Waals surface area contributed by atoms with Crippen molar-refractivity contribution in [1.82, 2.24) is 0 Å². The highest BCUT2D eigenvalue weighted by Gasteiger charge is 2.07. The number of rotatable bonds is 20. The van der Waals surface area contributed by atoms with Gasteiger partial charge in [0.1, 0.15) is 0 Å². The fraction of sp³-hybridized carbons (Fsp3) is 1.00. The van der Waals surface area contributed by atoms with Crippen LogP contribution in [0.3, 0.4) is 0 Å². The lowest BCUT2D eigenvalue weighted by Gasteiger charge is -2.14. The average molecular weight is 355 g/mol. The normalized spacial score (nSPS) is 13.9. The Hall–Kier alpha value is -0.0400. The van der Waals surface area contributed by atoms with E-state index in [-0.39, 0.29) is 6.10 Å². The molecular formula is C24H50O. The van der Waals surface area contributed by atoms with Crippen LogP contribution in [0.15, 0.2) is 0 Å². The lowest BCUT2D eigenvalue weighted by Crippen LogP contribution is -2.07. The van der Waals surface area contributed by atoms with Crippen molar-refractivity contribution in [2.24, 2.45) is 5.92 Å². The van der Waals surface area contributed by atoms with E-state index in [9.17, 15) is 5.11 Å². The van der Waals surface area contributed by atoms with E-state index in [0.717, 1.165) is 18.8 Å². The second-order valence-corrected chi connectivity index (χ2v) is 8.51. The molecule has 0 amide bonds. The summed E-state index contributed by atoms with van der Waals surface area (Å²) in [6.07, 6.45) is 25.3. The molecule has 2 atom stereocenters. The number of aliphatic hydroxyl groups excluding tert-OH is 1. The maximum Gasteiger partial charge on any atom is 0.0540 e. The average Bonchev–Trinajstić information content (AvgIpc) is 2.60. The van der Waals surface area contributed by atoms with E-state index in [1.807, 2.05) is 0 Å². The molecule has 0 heterocycles. The fourth-order valence-corrected chi connectivity index (χ4v) is 3.78. The first kappa shape index (κ1) is 25.0. The van der Waals surface area contributed by atoms with Gasteiger partial charge >= 0.3 is 0 Å². The lowest BCUT2D eigenvalue weighted by molar-refractivity contribution is 0.145. The van der Waals surface area contributed by atoms with Crippen molar-refractivity contribution >= 4 is 0 Å². The first-order chi connectivity index (χ1) is 12.2. The monoisotopic (exact) mass is 354 g/mol. The Morgan fingerprint density at radius 2 is 0.840 bits per heavy atom. The summed E-state index contributed by atoms with van der Waals surface area (Å²) in [6, 6.07) is 0. The summed E-state index contributed by atoms with van der Waals surface area (Å²) in [6.45, 7) is 6.95. The van der Waals surface area contributed by atoms with Crippen LogP contribution >= 0.6 is 0 Å². The molecule has 152 valence electrons. The number of hydrogen-bond donors (Lipinski definition) is 1. The summed E-state index contributed by atoms with van der Waals surface area (Å²) in [7, 11) is 0. The SMILES string of the molecule is CCCCCCCCCCC(C)CCCC(O)CCCCCCCC. The van der Waals surface area contributed by atoms with Crippen LogP contribution in [0, 0.1) is 5.92 Å². The van der Waals surface area contributed by atoms with E-state index in [1.54, 1.807) is 0 Å². The van der Waals surface area contributed by atoms with Crippen molar-refractivity contribution in [3.63, 3.8) is 0 Å². The maximum atomic E-state index is 10.1. The number of hydrogen-bond acceptors (Lipinski definition) is 1. The molecule has 0 aliphatic carbocycles. The first-order valence-electron chi connectivity index (χ1n) is 11.9. The molecule has 25 heavy (non-hydrogen) atoms.